The van der Waals surface area contributed by atoms with E-state index in [1.165, 1.54) is 6.42 Å². The molecule has 1 aliphatic heterocycles. The van der Waals surface area contributed by atoms with E-state index in [4.69, 9.17) is 0 Å². The molecule has 0 amide bonds. The maximum atomic E-state index is 12.1. The lowest BCUT2D eigenvalue weighted by molar-refractivity contribution is 0.269. The molecule has 0 aromatic rings. The van der Waals surface area contributed by atoms with Gasteiger partial charge in [-0.25, -0.2) is 12.7 Å². The van der Waals surface area contributed by atoms with Crippen LogP contribution in [0.5, 0.6) is 0 Å². The van der Waals surface area contributed by atoms with Gasteiger partial charge in [0.15, 0.2) is 0 Å². The molecular weight excluding hydrogens is 248 g/mol. The largest absolute Gasteiger partial charge is 0.317 e. The van der Waals surface area contributed by atoms with Gasteiger partial charge in [0, 0.05) is 13.1 Å². The molecule has 5 heteroatoms. The Hall–Kier alpha value is -0.130. The predicted molar refractivity (Wildman–Crippen MR) is 76.2 cm³/mol. The standard InChI is InChI=1S/C13H28N2O2S/c1-3-8-14-9-5-12-18(16,17)15-10-6-13(4-2)7-11-15/h13-14H,3-12H2,1-2H3. The van der Waals surface area contributed by atoms with Gasteiger partial charge >= 0.3 is 0 Å². The van der Waals surface area contributed by atoms with Gasteiger partial charge in [0.05, 0.1) is 5.75 Å². The number of piperidine rings is 1. The summed E-state index contributed by atoms with van der Waals surface area (Å²) in [6.45, 7) is 7.53. The molecule has 1 fully saturated rings. The van der Waals surface area contributed by atoms with Crippen molar-refractivity contribution in [3.05, 3.63) is 0 Å². The van der Waals surface area contributed by atoms with E-state index in [2.05, 4.69) is 19.2 Å². The number of hydrogen-bond acceptors (Lipinski definition) is 3. The van der Waals surface area contributed by atoms with Crippen molar-refractivity contribution in [1.29, 1.82) is 0 Å². The molecular formula is C13H28N2O2S. The number of nitrogens with one attached hydrogen (secondary N) is 1. The van der Waals surface area contributed by atoms with Crippen LogP contribution in [0.2, 0.25) is 0 Å². The van der Waals surface area contributed by atoms with E-state index in [-0.39, 0.29) is 0 Å². The van der Waals surface area contributed by atoms with E-state index in [1.54, 1.807) is 4.31 Å². The minimum absolute atomic E-state index is 0.292. The fourth-order valence-corrected chi connectivity index (χ4v) is 3.94. The summed E-state index contributed by atoms with van der Waals surface area (Å²) in [5.74, 6) is 1.02. The molecule has 1 heterocycles. The molecule has 0 saturated carbocycles. The van der Waals surface area contributed by atoms with Gasteiger partial charge in [-0.3, -0.25) is 0 Å². The zero-order valence-corrected chi connectivity index (χ0v) is 12.6. The summed E-state index contributed by atoms with van der Waals surface area (Å²) < 4.78 is 25.9. The highest BCUT2D eigenvalue weighted by Gasteiger charge is 2.26. The van der Waals surface area contributed by atoms with Gasteiger partial charge in [0.25, 0.3) is 0 Å². The van der Waals surface area contributed by atoms with Crippen molar-refractivity contribution in [2.45, 2.75) is 46.0 Å². The third-order valence-corrected chi connectivity index (χ3v) is 5.68. The molecule has 0 atom stereocenters. The summed E-state index contributed by atoms with van der Waals surface area (Å²) in [6.07, 6.45) is 5.05. The monoisotopic (exact) mass is 276 g/mol. The number of sulfonamides is 1. The van der Waals surface area contributed by atoms with Crippen LogP contribution in [0.25, 0.3) is 0 Å². The highest BCUT2D eigenvalue weighted by molar-refractivity contribution is 7.89. The van der Waals surface area contributed by atoms with Gasteiger partial charge < -0.3 is 5.32 Å². The second kappa shape index (κ2) is 8.12. The second-order valence-corrected chi connectivity index (χ2v) is 7.26. The van der Waals surface area contributed by atoms with Crippen molar-refractivity contribution < 1.29 is 8.42 Å². The van der Waals surface area contributed by atoms with E-state index >= 15 is 0 Å². The first-order valence-corrected chi connectivity index (χ1v) is 8.89. The molecule has 1 N–H and O–H groups in total. The molecule has 0 radical (unpaired) electrons. The molecule has 18 heavy (non-hydrogen) atoms. The molecule has 0 spiro atoms. The average Bonchev–Trinajstić information content (AvgIpc) is 2.38. The maximum absolute atomic E-state index is 12.1. The van der Waals surface area contributed by atoms with Crippen LogP contribution >= 0.6 is 0 Å². The van der Waals surface area contributed by atoms with Crippen molar-refractivity contribution in [2.75, 3.05) is 31.9 Å². The Morgan fingerprint density at radius 3 is 2.39 bits per heavy atom. The summed E-state index contributed by atoms with van der Waals surface area (Å²) >= 11 is 0. The third kappa shape index (κ3) is 5.24. The minimum atomic E-state index is -3.01. The van der Waals surface area contributed by atoms with E-state index in [0.717, 1.165) is 57.8 Å². The molecule has 108 valence electrons. The lowest BCUT2D eigenvalue weighted by Crippen LogP contribution is -2.40. The Kier molecular flexibility index (Phi) is 7.19. The molecule has 0 aliphatic carbocycles. The van der Waals surface area contributed by atoms with Crippen LogP contribution in [0.3, 0.4) is 0 Å². The zero-order valence-electron chi connectivity index (χ0n) is 11.8. The second-order valence-electron chi connectivity index (χ2n) is 5.17. The highest BCUT2D eigenvalue weighted by atomic mass is 32.2. The fraction of sp³-hybridized carbons (Fsp3) is 1.00. The molecule has 0 aromatic heterocycles. The van der Waals surface area contributed by atoms with E-state index < -0.39 is 10.0 Å². The van der Waals surface area contributed by atoms with Crippen LogP contribution in [0.15, 0.2) is 0 Å². The van der Waals surface area contributed by atoms with Crippen LogP contribution in [0.4, 0.5) is 0 Å². The van der Waals surface area contributed by atoms with Gasteiger partial charge in [-0.15, -0.1) is 0 Å². The number of nitrogens with zero attached hydrogens (tertiary/aromatic N) is 1. The Morgan fingerprint density at radius 1 is 1.17 bits per heavy atom. The van der Waals surface area contributed by atoms with Crippen molar-refractivity contribution >= 4 is 10.0 Å². The molecule has 0 aromatic carbocycles. The lowest BCUT2D eigenvalue weighted by Gasteiger charge is -2.30. The fourth-order valence-electron chi connectivity index (χ4n) is 2.41. The van der Waals surface area contributed by atoms with Crippen molar-refractivity contribution in [3.8, 4) is 0 Å². The van der Waals surface area contributed by atoms with Crippen LogP contribution in [0, 0.1) is 5.92 Å². The summed E-state index contributed by atoms with van der Waals surface area (Å²) in [5.41, 5.74) is 0. The quantitative estimate of drug-likeness (QED) is 0.688. The molecule has 1 saturated heterocycles. The van der Waals surface area contributed by atoms with Crippen LogP contribution in [0.1, 0.15) is 46.0 Å². The maximum Gasteiger partial charge on any atom is 0.214 e. The topological polar surface area (TPSA) is 49.4 Å². The lowest BCUT2D eigenvalue weighted by atomic mass is 9.96. The van der Waals surface area contributed by atoms with Crippen molar-refractivity contribution in [3.63, 3.8) is 0 Å². The highest BCUT2D eigenvalue weighted by Crippen LogP contribution is 2.22. The Labute approximate surface area is 112 Å². The summed E-state index contributed by atoms with van der Waals surface area (Å²) in [7, 11) is -3.01. The van der Waals surface area contributed by atoms with Gasteiger partial charge in [0.2, 0.25) is 10.0 Å². The summed E-state index contributed by atoms with van der Waals surface area (Å²) in [4.78, 5) is 0. The Bertz CT molecular complexity index is 309. The average molecular weight is 276 g/mol. The van der Waals surface area contributed by atoms with Crippen molar-refractivity contribution in [1.82, 2.24) is 9.62 Å². The molecule has 0 bridgehead atoms. The number of hydrogen-bond donors (Lipinski definition) is 1. The number of rotatable bonds is 8. The normalized spacial score (nSPS) is 19.2. The Balaban J connectivity index is 2.26. The molecule has 4 nitrogen and oxygen atoms in total. The van der Waals surface area contributed by atoms with Gasteiger partial charge in [-0.2, -0.15) is 0 Å². The summed E-state index contributed by atoms with van der Waals surface area (Å²) in [6, 6.07) is 0. The SMILES string of the molecule is CCCNCCCS(=O)(=O)N1CCC(CC)CC1. The molecule has 1 aliphatic rings. The van der Waals surface area contributed by atoms with Crippen LogP contribution in [-0.2, 0) is 10.0 Å². The Morgan fingerprint density at radius 2 is 1.83 bits per heavy atom. The first-order chi connectivity index (χ1) is 8.60. The molecule has 1 rings (SSSR count). The first kappa shape index (κ1) is 15.9. The van der Waals surface area contributed by atoms with Gasteiger partial charge in [0.1, 0.15) is 0 Å². The smallest absolute Gasteiger partial charge is 0.214 e. The van der Waals surface area contributed by atoms with Gasteiger partial charge in [-0.1, -0.05) is 20.3 Å². The van der Waals surface area contributed by atoms with Crippen molar-refractivity contribution in [2.24, 2.45) is 5.92 Å². The molecule has 0 unspecified atom stereocenters. The zero-order chi connectivity index (χ0) is 13.4. The first-order valence-electron chi connectivity index (χ1n) is 7.28. The summed E-state index contributed by atoms with van der Waals surface area (Å²) in [5, 5.41) is 3.24. The van der Waals surface area contributed by atoms with E-state index in [0.29, 0.717) is 5.75 Å². The predicted octanol–water partition coefficient (Wildman–Crippen LogP) is 1.83. The van der Waals surface area contributed by atoms with Crippen LogP contribution in [-0.4, -0.2) is 44.7 Å². The van der Waals surface area contributed by atoms with Gasteiger partial charge in [-0.05, 0) is 44.7 Å². The third-order valence-electron chi connectivity index (χ3n) is 3.73. The van der Waals surface area contributed by atoms with Crippen LogP contribution < -0.4 is 5.32 Å². The van der Waals surface area contributed by atoms with E-state index in [1.807, 2.05) is 0 Å². The van der Waals surface area contributed by atoms with E-state index in [9.17, 15) is 8.42 Å². The minimum Gasteiger partial charge on any atom is -0.317 e.